The Morgan fingerprint density at radius 1 is 1.27 bits per heavy atom. The maximum atomic E-state index is 6.75. The van der Waals surface area contributed by atoms with Crippen LogP contribution in [-0.4, -0.2) is 38.2 Å². The highest BCUT2D eigenvalue weighted by Crippen LogP contribution is 2.45. The van der Waals surface area contributed by atoms with Gasteiger partial charge in [0.25, 0.3) is 0 Å². The molecule has 0 bridgehead atoms. The molecule has 0 aromatic rings. The number of rotatable bonds is 1. The first-order valence-electron chi connectivity index (χ1n) is 5.42. The van der Waals surface area contributed by atoms with Gasteiger partial charge in [-0.3, -0.25) is 0 Å². The van der Waals surface area contributed by atoms with Crippen molar-refractivity contribution < 1.29 is 8.54 Å². The third-order valence-corrected chi connectivity index (χ3v) is 47.2. The standard InChI is InChI=1S/C8H23ClO2Si4/c1-8(2)7-13(3,4)14(5,6)15(9,10-8)11-12/h7H2,1-6,12H3. The smallest absolute Gasteiger partial charge is 0.403 e. The van der Waals surface area contributed by atoms with Crippen molar-refractivity contribution in [2.45, 2.75) is 51.7 Å². The first-order valence-corrected chi connectivity index (χ1v) is 17.3. The lowest BCUT2D eigenvalue weighted by atomic mass is 10.2. The minimum atomic E-state index is -2.37. The summed E-state index contributed by atoms with van der Waals surface area (Å²) in [7, 11) is -4.47. The van der Waals surface area contributed by atoms with Gasteiger partial charge in [0.15, 0.2) is 0 Å². The quantitative estimate of drug-likeness (QED) is 0.543. The van der Waals surface area contributed by atoms with Gasteiger partial charge in [0.2, 0.25) is 0 Å². The lowest BCUT2D eigenvalue weighted by Gasteiger charge is -2.55. The Bertz CT molecular complexity index is 269. The highest BCUT2D eigenvalue weighted by molar-refractivity contribution is 7.75. The van der Waals surface area contributed by atoms with Gasteiger partial charge in [0.05, 0.1) is 5.60 Å². The van der Waals surface area contributed by atoms with E-state index in [2.05, 4.69) is 40.0 Å². The maximum Gasteiger partial charge on any atom is 0.403 e. The maximum absolute atomic E-state index is 6.75. The summed E-state index contributed by atoms with van der Waals surface area (Å²) in [4.78, 5) is 0. The molecule has 1 atom stereocenters. The van der Waals surface area contributed by atoms with Crippen LogP contribution in [0.3, 0.4) is 0 Å². The third-order valence-electron chi connectivity index (χ3n) is 3.98. The van der Waals surface area contributed by atoms with E-state index in [4.69, 9.17) is 19.6 Å². The lowest BCUT2D eigenvalue weighted by Crippen LogP contribution is -2.78. The van der Waals surface area contributed by atoms with E-state index in [1.165, 1.54) is 6.04 Å². The summed E-state index contributed by atoms with van der Waals surface area (Å²) in [5.74, 6) is 0. The van der Waals surface area contributed by atoms with Crippen LogP contribution in [0, 0.1) is 0 Å². The van der Waals surface area contributed by atoms with Gasteiger partial charge < -0.3 is 8.54 Å². The molecule has 0 radical (unpaired) electrons. The Kier molecular flexibility index (Phi) is 3.57. The minimum absolute atomic E-state index is 0.0728. The van der Waals surface area contributed by atoms with Crippen LogP contribution in [0.1, 0.15) is 13.8 Å². The molecule has 0 aliphatic carbocycles. The van der Waals surface area contributed by atoms with Gasteiger partial charge in [-0.05, 0) is 19.9 Å². The van der Waals surface area contributed by atoms with E-state index in [0.29, 0.717) is 10.5 Å². The fourth-order valence-electron chi connectivity index (χ4n) is 2.51. The van der Waals surface area contributed by atoms with Crippen molar-refractivity contribution in [2.75, 3.05) is 0 Å². The number of halogens is 1. The Hall–Kier alpha value is 1.08. The molecular formula is C8H23ClO2Si4. The number of hydrogen-bond donors (Lipinski definition) is 0. The predicted octanol–water partition coefficient (Wildman–Crippen LogP) is 1.84. The molecule has 0 N–H and O–H groups in total. The molecule has 1 saturated heterocycles. The van der Waals surface area contributed by atoms with Crippen LogP contribution < -0.4 is 0 Å². The first kappa shape index (κ1) is 14.1. The molecule has 1 rings (SSSR count). The summed E-state index contributed by atoms with van der Waals surface area (Å²) >= 11 is 6.75. The van der Waals surface area contributed by atoms with Crippen LogP contribution >= 0.6 is 11.1 Å². The van der Waals surface area contributed by atoms with Crippen molar-refractivity contribution in [3.63, 3.8) is 0 Å². The van der Waals surface area contributed by atoms with Gasteiger partial charge in [0.1, 0.15) is 17.6 Å². The zero-order valence-corrected chi connectivity index (χ0v) is 16.7. The molecule has 7 heteroatoms. The van der Waals surface area contributed by atoms with E-state index in [1.807, 2.05) is 0 Å². The molecule has 0 saturated carbocycles. The highest BCUT2D eigenvalue weighted by Gasteiger charge is 2.66. The highest BCUT2D eigenvalue weighted by atomic mass is 35.6. The fraction of sp³-hybridized carbons (Fsp3) is 1.00. The van der Waals surface area contributed by atoms with Gasteiger partial charge in [-0.2, -0.15) is 0 Å². The second-order valence-corrected chi connectivity index (χ2v) is 34.0. The van der Waals surface area contributed by atoms with Crippen LogP contribution in [0.5, 0.6) is 0 Å². The van der Waals surface area contributed by atoms with Gasteiger partial charge in [-0.1, -0.05) is 26.2 Å². The molecule has 90 valence electrons. The fourth-order valence-corrected chi connectivity index (χ4v) is 39.5. The van der Waals surface area contributed by atoms with Gasteiger partial charge in [-0.15, -0.1) is 11.1 Å². The van der Waals surface area contributed by atoms with Crippen LogP contribution in [-0.2, 0) is 8.54 Å². The third kappa shape index (κ3) is 2.22. The summed E-state index contributed by atoms with van der Waals surface area (Å²) in [6.45, 7) is 14.0. The summed E-state index contributed by atoms with van der Waals surface area (Å²) in [5.41, 5.74) is -0.0728. The average molecular weight is 299 g/mol. The van der Waals surface area contributed by atoms with Crippen molar-refractivity contribution in [1.29, 1.82) is 0 Å². The topological polar surface area (TPSA) is 18.5 Å². The Balaban J connectivity index is 3.18. The molecule has 2 nitrogen and oxygen atoms in total. The molecule has 0 amide bonds. The largest absolute Gasteiger partial charge is 0.436 e. The number of hydrogen-bond acceptors (Lipinski definition) is 2. The van der Waals surface area contributed by atoms with E-state index >= 15 is 0 Å². The Morgan fingerprint density at radius 2 is 1.73 bits per heavy atom. The second-order valence-electron chi connectivity index (χ2n) is 6.29. The Morgan fingerprint density at radius 3 is 2.13 bits per heavy atom. The summed E-state index contributed by atoms with van der Waals surface area (Å²) in [6, 6.07) is 1.21. The van der Waals surface area contributed by atoms with Crippen LogP contribution in [0.15, 0.2) is 0 Å². The van der Waals surface area contributed by atoms with Crippen molar-refractivity contribution in [2.24, 2.45) is 0 Å². The van der Waals surface area contributed by atoms with E-state index in [1.54, 1.807) is 0 Å². The molecule has 1 heterocycles. The molecule has 15 heavy (non-hydrogen) atoms. The van der Waals surface area contributed by atoms with Crippen LogP contribution in [0.4, 0.5) is 0 Å². The molecule has 0 spiro atoms. The minimum Gasteiger partial charge on any atom is -0.436 e. The molecule has 1 fully saturated rings. The lowest BCUT2D eigenvalue weighted by molar-refractivity contribution is 0.104. The van der Waals surface area contributed by atoms with Crippen molar-refractivity contribution in [3.8, 4) is 0 Å². The molecule has 1 aliphatic rings. The van der Waals surface area contributed by atoms with E-state index in [9.17, 15) is 0 Å². The van der Waals surface area contributed by atoms with E-state index in [0.717, 1.165) is 0 Å². The molecular weight excluding hydrogens is 276 g/mol. The Labute approximate surface area is 104 Å². The zero-order valence-electron chi connectivity index (χ0n) is 10.9. The molecule has 1 aliphatic heterocycles. The van der Waals surface area contributed by atoms with Gasteiger partial charge in [-0.25, -0.2) is 0 Å². The first-order chi connectivity index (χ1) is 6.47. The van der Waals surface area contributed by atoms with E-state index in [-0.39, 0.29) is 5.60 Å². The van der Waals surface area contributed by atoms with Crippen molar-refractivity contribution in [1.82, 2.24) is 0 Å². The molecule has 1 unspecified atom stereocenters. The molecule has 0 aromatic carbocycles. The second kappa shape index (κ2) is 3.79. The van der Waals surface area contributed by atoms with Crippen LogP contribution in [0.2, 0.25) is 32.2 Å². The summed E-state index contributed by atoms with van der Waals surface area (Å²) < 4.78 is 12.0. The van der Waals surface area contributed by atoms with Crippen molar-refractivity contribution in [3.05, 3.63) is 0 Å². The van der Waals surface area contributed by atoms with Gasteiger partial charge >= 0.3 is 7.39 Å². The summed E-state index contributed by atoms with van der Waals surface area (Å²) in [5, 5.41) is 0. The molecule has 0 aromatic heterocycles. The van der Waals surface area contributed by atoms with E-state index < -0.39 is 22.1 Å². The van der Waals surface area contributed by atoms with Crippen molar-refractivity contribution >= 4 is 43.7 Å². The SMILES string of the molecule is CC1(C)C[Si](C)(C)[Si](C)(C)[Si](Cl)(O[SiH3])O1. The zero-order chi connectivity index (χ0) is 12.1. The monoisotopic (exact) mass is 298 g/mol. The van der Waals surface area contributed by atoms with Gasteiger partial charge in [0, 0.05) is 7.59 Å². The normalized spacial score (nSPS) is 37.8. The average Bonchev–Trinajstić information content (AvgIpc) is 1.98. The predicted molar refractivity (Wildman–Crippen MR) is 77.6 cm³/mol. The van der Waals surface area contributed by atoms with Crippen LogP contribution in [0.25, 0.3) is 0 Å². The summed E-state index contributed by atoms with van der Waals surface area (Å²) in [6.07, 6.45) is 0.